The molecule has 0 saturated carbocycles. The van der Waals surface area contributed by atoms with Crippen LogP contribution in [0.5, 0.6) is 0 Å². The highest BCUT2D eigenvalue weighted by Gasteiger charge is 2.24. The molecule has 0 amide bonds. The molecule has 0 aliphatic rings. The van der Waals surface area contributed by atoms with Crippen LogP contribution in [0.3, 0.4) is 0 Å². The van der Waals surface area contributed by atoms with E-state index in [9.17, 15) is 5.26 Å². The third-order valence-electron chi connectivity index (χ3n) is 13.4. The molecule has 350 valence electrons. The summed E-state index contributed by atoms with van der Waals surface area (Å²) in [7, 11) is 0. The van der Waals surface area contributed by atoms with Gasteiger partial charge in [-0.2, -0.15) is 5.26 Å². The third kappa shape index (κ3) is 7.59. The van der Waals surface area contributed by atoms with Crippen LogP contribution in [0, 0.1) is 39.0 Å². The predicted molar refractivity (Wildman–Crippen MR) is 292 cm³/mol. The van der Waals surface area contributed by atoms with Crippen molar-refractivity contribution in [3.8, 4) is 85.5 Å². The van der Waals surface area contributed by atoms with Crippen LogP contribution in [0.25, 0.3) is 123 Å². The fraction of sp³-hybridized carbons (Fsp3) is 0.0645. The number of hydrogen-bond donors (Lipinski definition) is 0. The van der Waals surface area contributed by atoms with Crippen molar-refractivity contribution in [2.45, 2.75) is 27.7 Å². The summed E-state index contributed by atoms with van der Waals surface area (Å²) in [4.78, 5) is 43.2. The van der Waals surface area contributed by atoms with E-state index in [1.165, 1.54) is 0 Å². The van der Waals surface area contributed by atoms with E-state index < -0.39 is 0 Å². The lowest BCUT2D eigenvalue weighted by Crippen LogP contribution is -2.04. The van der Waals surface area contributed by atoms with Gasteiger partial charge in [0.15, 0.2) is 29.1 Å². The molecular weight excluding hydrogens is 913 g/mol. The fourth-order valence-corrected chi connectivity index (χ4v) is 10.3. The molecule has 5 aromatic heterocycles. The van der Waals surface area contributed by atoms with Crippen LogP contribution in [-0.4, -0.2) is 54.0 Å². The minimum Gasteiger partial charge on any atom is -0.309 e. The number of nitrogens with zero attached hydrogens (tertiary/aromatic N) is 12. The number of rotatable bonds is 8. The van der Waals surface area contributed by atoms with Crippen molar-refractivity contribution in [1.29, 1.82) is 5.26 Å². The Bertz CT molecular complexity index is 4340. The lowest BCUT2D eigenvalue weighted by molar-refractivity contribution is 0.928. The van der Waals surface area contributed by atoms with Gasteiger partial charge in [-0.3, -0.25) is 0 Å². The maximum atomic E-state index is 10.6. The van der Waals surface area contributed by atoms with E-state index in [2.05, 4.69) is 134 Å². The summed E-state index contributed by atoms with van der Waals surface area (Å²) < 4.78 is 4.60. The molecule has 0 aliphatic heterocycles. The van der Waals surface area contributed by atoms with Crippen LogP contribution in [0.15, 0.2) is 182 Å². The molecule has 0 bridgehead atoms. The molecule has 12 nitrogen and oxygen atoms in total. The molecular formula is C62H42N12. The average molecular weight is 955 g/mol. The molecule has 0 saturated heterocycles. The van der Waals surface area contributed by atoms with Crippen LogP contribution >= 0.6 is 0 Å². The number of fused-ring (bicyclic) bond motifs is 6. The normalized spacial score (nSPS) is 11.5. The van der Waals surface area contributed by atoms with E-state index >= 15 is 0 Å². The summed E-state index contributed by atoms with van der Waals surface area (Å²) in [6, 6.07) is 64.5. The van der Waals surface area contributed by atoms with Gasteiger partial charge in [0.1, 0.15) is 23.3 Å². The summed E-state index contributed by atoms with van der Waals surface area (Å²) in [5, 5.41) is 14.8. The lowest BCUT2D eigenvalue weighted by atomic mass is 9.96. The molecule has 13 aromatic rings. The Hall–Kier alpha value is -10.1. The molecule has 5 heterocycles. The van der Waals surface area contributed by atoms with Gasteiger partial charge in [0.2, 0.25) is 0 Å². The molecule has 12 heteroatoms. The predicted octanol–water partition coefficient (Wildman–Crippen LogP) is 13.5. The van der Waals surface area contributed by atoms with Crippen LogP contribution in [0.4, 0.5) is 0 Å². The fourth-order valence-electron chi connectivity index (χ4n) is 10.3. The van der Waals surface area contributed by atoms with Crippen molar-refractivity contribution in [3.63, 3.8) is 0 Å². The number of para-hydroxylation sites is 2. The molecule has 0 aliphatic carbocycles. The molecule has 0 radical (unpaired) electrons. The zero-order chi connectivity index (χ0) is 50.0. The first kappa shape index (κ1) is 43.9. The maximum absolute atomic E-state index is 10.6. The van der Waals surface area contributed by atoms with Crippen molar-refractivity contribution >= 4 is 43.6 Å². The van der Waals surface area contributed by atoms with E-state index in [1.54, 1.807) is 0 Å². The zero-order valence-electron chi connectivity index (χ0n) is 40.7. The summed E-state index contributed by atoms with van der Waals surface area (Å²) in [5.41, 5.74) is 12.3. The first-order valence-electron chi connectivity index (χ1n) is 24.3. The minimum atomic E-state index is 0.517. The molecule has 0 N–H and O–H groups in total. The largest absolute Gasteiger partial charge is 0.309 e. The summed E-state index contributed by atoms with van der Waals surface area (Å²) in [6.07, 6.45) is 0. The monoisotopic (exact) mass is 954 g/mol. The third-order valence-corrected chi connectivity index (χ3v) is 13.4. The Kier molecular flexibility index (Phi) is 10.4. The van der Waals surface area contributed by atoms with Gasteiger partial charge in [-0.25, -0.2) is 44.9 Å². The van der Waals surface area contributed by atoms with E-state index in [-0.39, 0.29) is 0 Å². The number of nitriles is 1. The summed E-state index contributed by atoms with van der Waals surface area (Å²) >= 11 is 0. The van der Waals surface area contributed by atoms with Gasteiger partial charge in [0.05, 0.1) is 45.1 Å². The molecule has 13 rings (SSSR count). The summed E-state index contributed by atoms with van der Waals surface area (Å²) in [5.74, 6) is 5.53. The first-order valence-corrected chi connectivity index (χ1v) is 24.3. The highest BCUT2D eigenvalue weighted by molar-refractivity contribution is 6.12. The van der Waals surface area contributed by atoms with Crippen molar-refractivity contribution in [2.75, 3.05) is 0 Å². The van der Waals surface area contributed by atoms with Crippen molar-refractivity contribution < 1.29 is 0 Å². The number of hydrogen-bond acceptors (Lipinski definition) is 10. The second-order valence-corrected chi connectivity index (χ2v) is 18.3. The van der Waals surface area contributed by atoms with E-state index in [4.69, 9.17) is 34.9 Å². The second kappa shape index (κ2) is 17.6. The highest BCUT2D eigenvalue weighted by Crippen LogP contribution is 2.43. The molecule has 0 atom stereocenters. The molecule has 74 heavy (non-hydrogen) atoms. The lowest BCUT2D eigenvalue weighted by Gasteiger charge is -2.20. The highest BCUT2D eigenvalue weighted by atomic mass is 15.1. The number of benzene rings is 8. The van der Waals surface area contributed by atoms with Gasteiger partial charge in [0.25, 0.3) is 0 Å². The molecule has 8 aromatic carbocycles. The van der Waals surface area contributed by atoms with Crippen molar-refractivity contribution in [2.24, 2.45) is 0 Å². The van der Waals surface area contributed by atoms with Gasteiger partial charge in [0, 0.05) is 60.5 Å². The SMILES string of the molecule is Cc1nc(C)nc(-c2ccc3c(c2)c2ccccc2n3-c2ccc(-c3nc(-c4ccccc4)nc(-c4ccccc4)n3)cc2-c2ccc(C#N)cc2-n2c3ccccc3c3cc(-c4nc(C)nc(C)n4)ccc32)n1. The van der Waals surface area contributed by atoms with Gasteiger partial charge in [-0.15, -0.1) is 0 Å². The van der Waals surface area contributed by atoms with Crippen molar-refractivity contribution in [1.82, 2.24) is 54.0 Å². The molecule has 0 unspecified atom stereocenters. The Morgan fingerprint density at radius 2 is 0.716 bits per heavy atom. The van der Waals surface area contributed by atoms with Gasteiger partial charge in [-0.1, -0.05) is 103 Å². The van der Waals surface area contributed by atoms with E-state index in [1.807, 2.05) is 100 Å². The van der Waals surface area contributed by atoms with Crippen LogP contribution in [-0.2, 0) is 0 Å². The Balaban J connectivity index is 1.10. The molecule has 0 fully saturated rings. The van der Waals surface area contributed by atoms with Gasteiger partial charge < -0.3 is 9.13 Å². The Labute approximate surface area is 425 Å². The minimum absolute atomic E-state index is 0.517. The van der Waals surface area contributed by atoms with Crippen LogP contribution in [0.1, 0.15) is 28.9 Å². The Morgan fingerprint density at radius 3 is 1.22 bits per heavy atom. The van der Waals surface area contributed by atoms with Crippen LogP contribution < -0.4 is 0 Å². The topological polar surface area (TPSA) is 150 Å². The zero-order valence-corrected chi connectivity index (χ0v) is 40.7. The Morgan fingerprint density at radius 1 is 0.311 bits per heavy atom. The standard InChI is InChI=1S/C62H42N12/c1-36-64-37(2)67-60(66-36)43-24-28-54-49(32-43)46-19-11-13-21-52(46)73(54)55-29-26-45(62-71-58(41-15-7-5-8-16-41)70-59(72-62)42-17-9-6-10-18-42)34-51(55)48-27-23-40(35-63)31-57(48)74-53-22-14-12-20-47(53)50-33-44(25-30-56(50)74)61-68-38(3)65-39(4)69-61/h5-34H,1-4H3. The smallest absolute Gasteiger partial charge is 0.164 e. The average Bonchev–Trinajstić information content (AvgIpc) is 3.95. The first-order chi connectivity index (χ1) is 36.2. The number of aromatic nitrogens is 11. The van der Waals surface area contributed by atoms with Gasteiger partial charge in [-0.05, 0) is 107 Å². The maximum Gasteiger partial charge on any atom is 0.164 e. The van der Waals surface area contributed by atoms with Crippen molar-refractivity contribution in [3.05, 3.63) is 211 Å². The van der Waals surface area contributed by atoms with Crippen LogP contribution in [0.2, 0.25) is 0 Å². The quantitative estimate of drug-likeness (QED) is 0.144. The number of aryl methyl sites for hydroxylation is 4. The molecule has 0 spiro atoms. The second-order valence-electron chi connectivity index (χ2n) is 18.3. The summed E-state index contributed by atoms with van der Waals surface area (Å²) in [6.45, 7) is 7.55. The van der Waals surface area contributed by atoms with E-state index in [0.717, 1.165) is 93.9 Å². The van der Waals surface area contributed by atoms with Gasteiger partial charge >= 0.3 is 0 Å². The van der Waals surface area contributed by atoms with E-state index in [0.29, 0.717) is 58.0 Å².